The Kier molecular flexibility index (Phi) is 3.75. The first-order valence-electron chi connectivity index (χ1n) is 4.41. The summed E-state index contributed by atoms with van der Waals surface area (Å²) < 4.78 is 6.86. The maximum atomic E-state index is 5.96. The second-order valence-corrected chi connectivity index (χ2v) is 3.50. The van der Waals surface area contributed by atoms with E-state index in [0.29, 0.717) is 17.7 Å². The second kappa shape index (κ2) is 4.63. The van der Waals surface area contributed by atoms with E-state index < -0.39 is 0 Å². The molecule has 4 heteroatoms. The van der Waals surface area contributed by atoms with Gasteiger partial charge in [-0.1, -0.05) is 18.5 Å². The van der Waals surface area contributed by atoms with Crippen LogP contribution in [0.2, 0.25) is 5.02 Å². The minimum atomic E-state index is 0.392. The van der Waals surface area contributed by atoms with Crippen molar-refractivity contribution in [1.29, 1.82) is 0 Å². The van der Waals surface area contributed by atoms with Gasteiger partial charge in [-0.2, -0.15) is 5.10 Å². The monoisotopic (exact) mass is 202 g/mol. The molecule has 3 nitrogen and oxygen atoms in total. The van der Waals surface area contributed by atoms with Crippen molar-refractivity contribution in [2.75, 3.05) is 7.11 Å². The van der Waals surface area contributed by atoms with E-state index in [2.05, 4.69) is 18.9 Å². The van der Waals surface area contributed by atoms with E-state index in [1.165, 1.54) is 0 Å². The first kappa shape index (κ1) is 10.5. The van der Waals surface area contributed by atoms with Crippen LogP contribution >= 0.6 is 11.6 Å². The van der Waals surface area contributed by atoms with Crippen molar-refractivity contribution in [3.8, 4) is 0 Å². The van der Waals surface area contributed by atoms with Crippen LogP contribution < -0.4 is 0 Å². The maximum Gasteiger partial charge on any atom is 0.107 e. The number of halogens is 1. The third kappa shape index (κ3) is 2.45. The van der Waals surface area contributed by atoms with E-state index in [4.69, 9.17) is 16.3 Å². The summed E-state index contributed by atoms with van der Waals surface area (Å²) >= 11 is 5.96. The summed E-state index contributed by atoms with van der Waals surface area (Å²) in [6.45, 7) is 4.71. The lowest BCUT2D eigenvalue weighted by molar-refractivity contribution is 0.180. The predicted molar refractivity (Wildman–Crippen MR) is 53.0 cm³/mol. The number of methoxy groups -OCH3 is 1. The highest BCUT2D eigenvalue weighted by molar-refractivity contribution is 6.31. The normalized spacial score (nSPS) is 13.2. The Bertz CT molecular complexity index is 273. The van der Waals surface area contributed by atoms with Crippen molar-refractivity contribution in [1.82, 2.24) is 9.78 Å². The molecule has 0 bridgehead atoms. The first-order chi connectivity index (χ1) is 6.19. The average Bonchev–Trinajstić information content (AvgIpc) is 2.47. The summed E-state index contributed by atoms with van der Waals surface area (Å²) in [6.07, 6.45) is 2.90. The summed E-state index contributed by atoms with van der Waals surface area (Å²) in [5, 5.41) is 5.01. The van der Waals surface area contributed by atoms with Gasteiger partial charge in [-0.3, -0.25) is 4.68 Å². The summed E-state index contributed by atoms with van der Waals surface area (Å²) in [4.78, 5) is 0. The topological polar surface area (TPSA) is 27.1 Å². The van der Waals surface area contributed by atoms with Crippen molar-refractivity contribution in [2.45, 2.75) is 32.9 Å². The summed E-state index contributed by atoms with van der Waals surface area (Å²) in [5.74, 6) is 0. The summed E-state index contributed by atoms with van der Waals surface area (Å²) in [6, 6.07) is 0.392. The van der Waals surface area contributed by atoms with Crippen molar-refractivity contribution in [2.24, 2.45) is 0 Å². The molecule has 0 fully saturated rings. The van der Waals surface area contributed by atoms with Crippen LogP contribution in [0.15, 0.2) is 6.20 Å². The largest absolute Gasteiger partial charge is 0.378 e. The van der Waals surface area contributed by atoms with Gasteiger partial charge in [0.2, 0.25) is 0 Å². The molecule has 0 aliphatic rings. The van der Waals surface area contributed by atoms with Gasteiger partial charge in [0.05, 0.1) is 11.6 Å². The highest BCUT2D eigenvalue weighted by atomic mass is 35.5. The molecule has 0 N–H and O–H groups in total. The van der Waals surface area contributed by atoms with E-state index in [1.807, 2.05) is 10.9 Å². The third-order valence-corrected chi connectivity index (χ3v) is 2.40. The van der Waals surface area contributed by atoms with Gasteiger partial charge in [0, 0.05) is 19.3 Å². The summed E-state index contributed by atoms with van der Waals surface area (Å²) in [7, 11) is 1.64. The molecule has 0 spiro atoms. The minimum Gasteiger partial charge on any atom is -0.378 e. The van der Waals surface area contributed by atoms with E-state index in [9.17, 15) is 0 Å². The fourth-order valence-electron chi connectivity index (χ4n) is 1.05. The average molecular weight is 203 g/mol. The Balaban J connectivity index is 2.81. The first-order valence-corrected chi connectivity index (χ1v) is 4.79. The lowest BCUT2D eigenvalue weighted by atomic mass is 10.3. The minimum absolute atomic E-state index is 0.392. The lowest BCUT2D eigenvalue weighted by Gasteiger charge is -2.07. The smallest absolute Gasteiger partial charge is 0.107 e. The standard InChI is InChI=1S/C9H15ClN2O/c1-4-7(2)12-5-8(10)9(11-12)6-13-3/h5,7H,4,6H2,1-3H3/t7-/m1/s1. The number of aromatic nitrogens is 2. The van der Waals surface area contributed by atoms with Gasteiger partial charge in [-0.15, -0.1) is 0 Å². The van der Waals surface area contributed by atoms with Crippen molar-refractivity contribution >= 4 is 11.6 Å². The van der Waals surface area contributed by atoms with Crippen LogP contribution in [0.1, 0.15) is 32.0 Å². The van der Waals surface area contributed by atoms with Crippen molar-refractivity contribution in [3.05, 3.63) is 16.9 Å². The van der Waals surface area contributed by atoms with Crippen LogP contribution in [0.3, 0.4) is 0 Å². The zero-order valence-corrected chi connectivity index (χ0v) is 9.01. The molecule has 1 aromatic heterocycles. The van der Waals surface area contributed by atoms with Gasteiger partial charge in [0.15, 0.2) is 0 Å². The van der Waals surface area contributed by atoms with E-state index in [1.54, 1.807) is 7.11 Å². The number of ether oxygens (including phenoxy) is 1. The molecule has 0 aliphatic carbocycles. The van der Waals surface area contributed by atoms with Gasteiger partial charge in [0.1, 0.15) is 5.69 Å². The Morgan fingerprint density at radius 3 is 2.92 bits per heavy atom. The van der Waals surface area contributed by atoms with Crippen LogP contribution in [0.4, 0.5) is 0 Å². The zero-order valence-electron chi connectivity index (χ0n) is 8.25. The Hall–Kier alpha value is -0.540. The molecule has 0 amide bonds. The van der Waals surface area contributed by atoms with Gasteiger partial charge in [-0.25, -0.2) is 0 Å². The molecule has 0 aliphatic heterocycles. The van der Waals surface area contributed by atoms with Crippen molar-refractivity contribution in [3.63, 3.8) is 0 Å². The molecule has 0 saturated carbocycles. The molecule has 0 unspecified atom stereocenters. The quantitative estimate of drug-likeness (QED) is 0.751. The number of nitrogens with zero attached hydrogens (tertiary/aromatic N) is 2. The Morgan fingerprint density at radius 2 is 2.38 bits per heavy atom. The highest BCUT2D eigenvalue weighted by Crippen LogP contribution is 2.18. The maximum absolute atomic E-state index is 5.96. The van der Waals surface area contributed by atoms with Gasteiger partial charge < -0.3 is 4.74 Å². The molecule has 13 heavy (non-hydrogen) atoms. The van der Waals surface area contributed by atoms with Crippen LogP contribution in [-0.4, -0.2) is 16.9 Å². The Labute approximate surface area is 83.6 Å². The highest BCUT2D eigenvalue weighted by Gasteiger charge is 2.09. The van der Waals surface area contributed by atoms with Crippen LogP contribution in [0.5, 0.6) is 0 Å². The molecule has 1 aromatic rings. The van der Waals surface area contributed by atoms with Crippen LogP contribution in [0, 0.1) is 0 Å². The molecule has 0 aromatic carbocycles. The van der Waals surface area contributed by atoms with Gasteiger partial charge >= 0.3 is 0 Å². The Morgan fingerprint density at radius 1 is 1.69 bits per heavy atom. The molecule has 0 radical (unpaired) electrons. The predicted octanol–water partition coefficient (Wildman–Crippen LogP) is 2.65. The number of hydrogen-bond donors (Lipinski definition) is 0. The van der Waals surface area contributed by atoms with Crippen LogP contribution in [-0.2, 0) is 11.3 Å². The third-order valence-electron chi connectivity index (χ3n) is 2.08. The van der Waals surface area contributed by atoms with Crippen molar-refractivity contribution < 1.29 is 4.74 Å². The summed E-state index contributed by atoms with van der Waals surface area (Å²) in [5.41, 5.74) is 0.810. The second-order valence-electron chi connectivity index (χ2n) is 3.09. The van der Waals surface area contributed by atoms with Gasteiger partial charge in [-0.05, 0) is 13.3 Å². The van der Waals surface area contributed by atoms with E-state index in [-0.39, 0.29) is 0 Å². The number of hydrogen-bond acceptors (Lipinski definition) is 2. The SMILES string of the molecule is CC[C@@H](C)n1cc(Cl)c(COC)n1. The lowest BCUT2D eigenvalue weighted by Crippen LogP contribution is -2.04. The van der Waals surface area contributed by atoms with Crippen LogP contribution in [0.25, 0.3) is 0 Å². The molecule has 74 valence electrons. The van der Waals surface area contributed by atoms with E-state index >= 15 is 0 Å². The fourth-order valence-corrected chi connectivity index (χ4v) is 1.25. The zero-order chi connectivity index (χ0) is 9.84. The molecular weight excluding hydrogens is 188 g/mol. The molecule has 1 heterocycles. The molecule has 0 saturated heterocycles. The fraction of sp³-hybridized carbons (Fsp3) is 0.667. The number of rotatable bonds is 4. The molecule has 1 rings (SSSR count). The van der Waals surface area contributed by atoms with E-state index in [0.717, 1.165) is 12.1 Å². The molecular formula is C9H15ClN2O. The molecule has 1 atom stereocenters. The van der Waals surface area contributed by atoms with Gasteiger partial charge in [0.25, 0.3) is 0 Å².